The Balaban J connectivity index is 1.26. The molecule has 3 fully saturated rings. The molecule has 2 aromatic rings. The van der Waals surface area contributed by atoms with Gasteiger partial charge in [0, 0.05) is 57.2 Å². The van der Waals surface area contributed by atoms with E-state index in [0.29, 0.717) is 25.2 Å². The molecule has 0 aromatic carbocycles. The molecule has 2 bridgehead atoms. The average molecular weight is 357 g/mol. The Hall–Kier alpha value is -2.26. The van der Waals surface area contributed by atoms with Gasteiger partial charge >= 0.3 is 0 Å². The Morgan fingerprint density at radius 3 is 2.96 bits per heavy atom. The molecule has 0 spiro atoms. The van der Waals surface area contributed by atoms with E-state index in [0.717, 1.165) is 49.9 Å². The number of anilines is 1. The molecule has 1 amide bonds. The van der Waals surface area contributed by atoms with E-state index in [1.165, 1.54) is 0 Å². The van der Waals surface area contributed by atoms with Crippen LogP contribution in [0.2, 0.25) is 0 Å². The van der Waals surface area contributed by atoms with E-state index in [4.69, 9.17) is 4.74 Å². The first-order valence-corrected chi connectivity index (χ1v) is 9.23. The molecule has 0 saturated carbocycles. The second-order valence-corrected chi connectivity index (χ2v) is 7.32. The van der Waals surface area contributed by atoms with Crippen LogP contribution in [0.25, 0.3) is 5.65 Å². The van der Waals surface area contributed by atoms with Gasteiger partial charge in [0.2, 0.25) is 11.6 Å². The normalized spacial score (nSPS) is 26.4. The smallest absolute Gasteiger partial charge is 0.248 e. The van der Waals surface area contributed by atoms with Gasteiger partial charge < -0.3 is 14.5 Å². The number of carbonyl (C=O) groups excluding carboxylic acids is 1. The fraction of sp³-hybridized carbons (Fsp3) is 0.647. The highest BCUT2D eigenvalue weighted by atomic mass is 16.5. The first kappa shape index (κ1) is 16.0. The van der Waals surface area contributed by atoms with Crippen molar-refractivity contribution in [1.29, 1.82) is 0 Å². The number of piperazine rings is 1. The van der Waals surface area contributed by atoms with Crippen LogP contribution in [-0.4, -0.2) is 93.3 Å². The molecule has 5 rings (SSSR count). The van der Waals surface area contributed by atoms with Gasteiger partial charge in [-0.25, -0.2) is 4.98 Å². The van der Waals surface area contributed by atoms with Crippen molar-refractivity contribution in [1.82, 2.24) is 29.4 Å². The summed E-state index contributed by atoms with van der Waals surface area (Å²) >= 11 is 0. The van der Waals surface area contributed by atoms with E-state index >= 15 is 0 Å². The van der Waals surface area contributed by atoms with Crippen molar-refractivity contribution in [2.45, 2.75) is 25.4 Å². The molecule has 138 valence electrons. The van der Waals surface area contributed by atoms with E-state index < -0.39 is 0 Å². The van der Waals surface area contributed by atoms with Gasteiger partial charge in [-0.1, -0.05) is 0 Å². The number of aromatic nitrogens is 4. The monoisotopic (exact) mass is 357 g/mol. The average Bonchev–Trinajstić information content (AvgIpc) is 3.35. The molecule has 0 radical (unpaired) electrons. The molecule has 26 heavy (non-hydrogen) atoms. The molecule has 5 heterocycles. The minimum atomic E-state index is 0.111. The van der Waals surface area contributed by atoms with Crippen LogP contribution in [0.1, 0.15) is 12.2 Å². The highest BCUT2D eigenvalue weighted by Crippen LogP contribution is 2.34. The SMILES string of the molecule is Cc1nnc2c(N3CC4CC3CN4CCN3CCOCC3=O)nccn12. The van der Waals surface area contributed by atoms with Crippen LogP contribution in [0.5, 0.6) is 0 Å². The predicted octanol–water partition coefficient (Wildman–Crippen LogP) is -0.446. The van der Waals surface area contributed by atoms with Crippen LogP contribution in [0.3, 0.4) is 0 Å². The molecule has 9 nitrogen and oxygen atoms in total. The third kappa shape index (κ3) is 2.53. The van der Waals surface area contributed by atoms with Crippen LogP contribution >= 0.6 is 0 Å². The Bertz CT molecular complexity index is 838. The van der Waals surface area contributed by atoms with Gasteiger partial charge in [-0.05, 0) is 13.3 Å². The predicted molar refractivity (Wildman–Crippen MR) is 94.0 cm³/mol. The highest BCUT2D eigenvalue weighted by molar-refractivity contribution is 5.78. The number of hydrogen-bond acceptors (Lipinski definition) is 7. The van der Waals surface area contributed by atoms with Crippen molar-refractivity contribution >= 4 is 17.4 Å². The van der Waals surface area contributed by atoms with Crippen LogP contribution < -0.4 is 4.90 Å². The Kier molecular flexibility index (Phi) is 3.79. The first-order chi connectivity index (χ1) is 12.7. The maximum absolute atomic E-state index is 11.9. The number of fused-ring (bicyclic) bond motifs is 3. The standard InChI is InChI=1S/C17H23N7O2/c1-12-19-20-17-16(18-2-3-23(12)17)24-10-13-8-14(24)9-22(13)5-4-21-6-7-26-11-15(21)25/h2-3,13-14H,4-11H2,1H3. The molecule has 2 aromatic heterocycles. The van der Waals surface area contributed by atoms with Crippen molar-refractivity contribution in [2.24, 2.45) is 0 Å². The summed E-state index contributed by atoms with van der Waals surface area (Å²) in [4.78, 5) is 23.3. The van der Waals surface area contributed by atoms with E-state index in [9.17, 15) is 4.79 Å². The summed E-state index contributed by atoms with van der Waals surface area (Å²) in [7, 11) is 0. The zero-order chi connectivity index (χ0) is 17.7. The second-order valence-electron chi connectivity index (χ2n) is 7.32. The molecular weight excluding hydrogens is 334 g/mol. The second kappa shape index (κ2) is 6.17. The number of likely N-dealkylation sites (tertiary alicyclic amines) is 1. The number of morpholine rings is 1. The van der Waals surface area contributed by atoms with Crippen LogP contribution in [0.15, 0.2) is 12.4 Å². The quantitative estimate of drug-likeness (QED) is 0.734. The van der Waals surface area contributed by atoms with Gasteiger partial charge in [-0.15, -0.1) is 10.2 Å². The molecule has 0 N–H and O–H groups in total. The lowest BCUT2D eigenvalue weighted by Crippen LogP contribution is -2.50. The fourth-order valence-electron chi connectivity index (χ4n) is 4.45. The third-order valence-corrected chi connectivity index (χ3v) is 5.85. The lowest BCUT2D eigenvalue weighted by Gasteiger charge is -2.36. The van der Waals surface area contributed by atoms with Gasteiger partial charge in [0.1, 0.15) is 12.4 Å². The number of amides is 1. The maximum Gasteiger partial charge on any atom is 0.248 e. The number of ether oxygens (including phenoxy) is 1. The van der Waals surface area contributed by atoms with Crippen molar-refractivity contribution < 1.29 is 9.53 Å². The number of nitrogens with zero attached hydrogens (tertiary/aromatic N) is 7. The van der Waals surface area contributed by atoms with Gasteiger partial charge in [0.05, 0.1) is 6.61 Å². The molecule has 2 unspecified atom stereocenters. The zero-order valence-electron chi connectivity index (χ0n) is 14.9. The van der Waals surface area contributed by atoms with Crippen LogP contribution in [-0.2, 0) is 9.53 Å². The lowest BCUT2D eigenvalue weighted by atomic mass is 10.2. The molecular formula is C17H23N7O2. The van der Waals surface area contributed by atoms with E-state index in [1.54, 1.807) is 0 Å². The Labute approximate surface area is 151 Å². The summed E-state index contributed by atoms with van der Waals surface area (Å²) < 4.78 is 7.20. The molecule has 3 aliphatic rings. The largest absolute Gasteiger partial charge is 0.370 e. The number of hydrogen-bond donors (Lipinski definition) is 0. The summed E-state index contributed by atoms with van der Waals surface area (Å²) in [6.07, 6.45) is 4.88. The summed E-state index contributed by atoms with van der Waals surface area (Å²) in [5.74, 6) is 1.92. The highest BCUT2D eigenvalue weighted by Gasteiger charge is 2.44. The Morgan fingerprint density at radius 2 is 2.15 bits per heavy atom. The summed E-state index contributed by atoms with van der Waals surface area (Å²) in [6, 6.07) is 0.971. The number of carbonyl (C=O) groups is 1. The van der Waals surface area contributed by atoms with Crippen molar-refractivity contribution in [2.75, 3.05) is 50.8 Å². The molecule has 0 aliphatic carbocycles. The fourth-order valence-corrected chi connectivity index (χ4v) is 4.45. The Morgan fingerprint density at radius 1 is 1.23 bits per heavy atom. The zero-order valence-corrected chi connectivity index (χ0v) is 14.9. The number of aryl methyl sites for hydroxylation is 1. The van der Waals surface area contributed by atoms with Crippen LogP contribution in [0.4, 0.5) is 5.82 Å². The number of rotatable bonds is 4. The van der Waals surface area contributed by atoms with E-state index in [1.807, 2.05) is 28.6 Å². The first-order valence-electron chi connectivity index (χ1n) is 9.23. The van der Waals surface area contributed by atoms with Gasteiger partial charge in [0.25, 0.3) is 0 Å². The summed E-state index contributed by atoms with van der Waals surface area (Å²) in [6.45, 7) is 7.25. The van der Waals surface area contributed by atoms with Crippen molar-refractivity contribution in [3.05, 3.63) is 18.2 Å². The van der Waals surface area contributed by atoms with E-state index in [-0.39, 0.29) is 12.5 Å². The molecule has 3 aliphatic heterocycles. The van der Waals surface area contributed by atoms with E-state index in [2.05, 4.69) is 25.0 Å². The van der Waals surface area contributed by atoms with Crippen molar-refractivity contribution in [3.8, 4) is 0 Å². The summed E-state index contributed by atoms with van der Waals surface area (Å²) in [5, 5.41) is 8.49. The van der Waals surface area contributed by atoms with Crippen LogP contribution in [0, 0.1) is 6.92 Å². The van der Waals surface area contributed by atoms with Gasteiger partial charge in [-0.2, -0.15) is 0 Å². The minimum absolute atomic E-state index is 0.111. The molecule has 2 atom stereocenters. The van der Waals surface area contributed by atoms with Crippen molar-refractivity contribution in [3.63, 3.8) is 0 Å². The third-order valence-electron chi connectivity index (χ3n) is 5.85. The topological polar surface area (TPSA) is 79.1 Å². The van der Waals surface area contributed by atoms with Gasteiger partial charge in [0.15, 0.2) is 5.82 Å². The maximum atomic E-state index is 11.9. The lowest BCUT2D eigenvalue weighted by molar-refractivity contribution is -0.142. The molecule has 3 saturated heterocycles. The molecule has 9 heteroatoms. The summed E-state index contributed by atoms with van der Waals surface area (Å²) in [5.41, 5.74) is 0.836. The minimum Gasteiger partial charge on any atom is -0.370 e. The van der Waals surface area contributed by atoms with Gasteiger partial charge in [-0.3, -0.25) is 14.1 Å².